The van der Waals surface area contributed by atoms with Gasteiger partial charge >= 0.3 is 0 Å². The van der Waals surface area contributed by atoms with Crippen LogP contribution in [0.3, 0.4) is 0 Å². The number of aryl methyl sites for hydroxylation is 2. The van der Waals surface area contributed by atoms with Gasteiger partial charge in [-0.15, -0.1) is 0 Å². The number of hydrogen-bond donors (Lipinski definition) is 1. The van der Waals surface area contributed by atoms with Crippen LogP contribution >= 0.6 is 0 Å². The highest BCUT2D eigenvalue weighted by Crippen LogP contribution is 2.55. The summed E-state index contributed by atoms with van der Waals surface area (Å²) in [6.07, 6.45) is 4.34. The minimum atomic E-state index is 0.0818. The first-order chi connectivity index (χ1) is 12.5. The number of fused-ring (bicyclic) bond motifs is 1. The Kier molecular flexibility index (Phi) is 4.60. The van der Waals surface area contributed by atoms with Gasteiger partial charge in [0.2, 0.25) is 5.91 Å². The molecule has 0 unspecified atom stereocenters. The van der Waals surface area contributed by atoms with Crippen LogP contribution in [0.2, 0.25) is 0 Å². The van der Waals surface area contributed by atoms with Gasteiger partial charge in [0.05, 0.1) is 11.7 Å². The van der Waals surface area contributed by atoms with Crippen molar-refractivity contribution in [1.82, 2.24) is 15.1 Å². The van der Waals surface area contributed by atoms with E-state index in [0.717, 1.165) is 17.3 Å². The second kappa shape index (κ2) is 6.90. The van der Waals surface area contributed by atoms with Gasteiger partial charge in [0, 0.05) is 24.1 Å². The molecule has 0 saturated heterocycles. The van der Waals surface area contributed by atoms with E-state index in [2.05, 4.69) is 60.7 Å². The van der Waals surface area contributed by atoms with E-state index in [4.69, 9.17) is 0 Å². The summed E-state index contributed by atoms with van der Waals surface area (Å²) in [6, 6.07) is 13.2. The Balaban J connectivity index is 1.43. The van der Waals surface area contributed by atoms with E-state index in [0.29, 0.717) is 24.3 Å². The van der Waals surface area contributed by atoms with E-state index >= 15 is 0 Å². The van der Waals surface area contributed by atoms with Crippen LogP contribution in [-0.4, -0.2) is 21.7 Å². The summed E-state index contributed by atoms with van der Waals surface area (Å²) in [5.74, 6) is 2.04. The molecule has 2 aromatic rings. The van der Waals surface area contributed by atoms with Gasteiger partial charge in [-0.2, -0.15) is 5.10 Å². The van der Waals surface area contributed by atoms with Gasteiger partial charge in [-0.25, -0.2) is 0 Å². The van der Waals surface area contributed by atoms with Gasteiger partial charge in [-0.1, -0.05) is 36.8 Å². The number of amides is 1. The van der Waals surface area contributed by atoms with Gasteiger partial charge in [0.25, 0.3) is 0 Å². The summed E-state index contributed by atoms with van der Waals surface area (Å²) < 4.78 is 1.97. The van der Waals surface area contributed by atoms with Crippen LogP contribution in [0, 0.1) is 25.7 Å². The van der Waals surface area contributed by atoms with Gasteiger partial charge < -0.3 is 5.32 Å². The lowest BCUT2D eigenvalue weighted by Gasteiger charge is -2.50. The zero-order valence-electron chi connectivity index (χ0n) is 16.0. The van der Waals surface area contributed by atoms with Crippen LogP contribution in [0.15, 0.2) is 36.4 Å². The molecule has 0 spiro atoms. The first-order valence-electron chi connectivity index (χ1n) is 9.91. The molecule has 4 rings (SSSR count). The number of carbonyl (C=O) groups excluding carboxylic acids is 1. The molecule has 2 aliphatic carbocycles. The Bertz CT molecular complexity index is 782. The van der Waals surface area contributed by atoms with E-state index < -0.39 is 0 Å². The van der Waals surface area contributed by atoms with Gasteiger partial charge in [-0.3, -0.25) is 9.48 Å². The third-order valence-corrected chi connectivity index (χ3v) is 6.39. The fourth-order valence-corrected chi connectivity index (χ4v) is 5.31. The molecule has 2 fully saturated rings. The van der Waals surface area contributed by atoms with Gasteiger partial charge in [0.1, 0.15) is 0 Å². The molecule has 26 heavy (non-hydrogen) atoms. The molecule has 1 aromatic carbocycles. The SMILES string of the molecule is Cc1cc(C)n([C@H](C)CC(=O)N[C@@H]2[C@@H]3CCC[C@@H]3[C@@H]2c2ccccc2)n1. The third kappa shape index (κ3) is 3.06. The zero-order valence-corrected chi connectivity index (χ0v) is 16.0. The predicted octanol–water partition coefficient (Wildman–Crippen LogP) is 4.15. The lowest BCUT2D eigenvalue weighted by Crippen LogP contribution is -2.56. The average Bonchev–Trinajstić information content (AvgIpc) is 3.17. The summed E-state index contributed by atoms with van der Waals surface area (Å²) >= 11 is 0. The van der Waals surface area contributed by atoms with Crippen molar-refractivity contribution in [2.75, 3.05) is 0 Å². The van der Waals surface area contributed by atoms with Gasteiger partial charge in [-0.05, 0) is 57.1 Å². The number of carbonyl (C=O) groups is 1. The van der Waals surface area contributed by atoms with E-state index in [1.807, 2.05) is 11.6 Å². The molecule has 138 valence electrons. The maximum absolute atomic E-state index is 12.8. The molecule has 2 saturated carbocycles. The van der Waals surface area contributed by atoms with Crippen LogP contribution in [0.5, 0.6) is 0 Å². The molecular weight excluding hydrogens is 322 g/mol. The highest BCUT2D eigenvalue weighted by molar-refractivity contribution is 5.77. The smallest absolute Gasteiger partial charge is 0.222 e. The van der Waals surface area contributed by atoms with Crippen LogP contribution in [-0.2, 0) is 4.79 Å². The van der Waals surface area contributed by atoms with Crippen molar-refractivity contribution in [1.29, 1.82) is 0 Å². The van der Waals surface area contributed by atoms with Crippen LogP contribution in [0.1, 0.15) is 61.5 Å². The minimum absolute atomic E-state index is 0.0818. The fourth-order valence-electron chi connectivity index (χ4n) is 5.31. The summed E-state index contributed by atoms with van der Waals surface area (Å²) in [6.45, 7) is 6.12. The number of hydrogen-bond acceptors (Lipinski definition) is 2. The molecule has 0 bridgehead atoms. The van der Waals surface area contributed by atoms with Crippen LogP contribution in [0.4, 0.5) is 0 Å². The molecular formula is C22H29N3O. The Morgan fingerprint density at radius 1 is 1.23 bits per heavy atom. The van der Waals surface area contributed by atoms with E-state index in [-0.39, 0.29) is 11.9 Å². The number of aromatic nitrogens is 2. The molecule has 1 amide bonds. The lowest BCUT2D eigenvalue weighted by atomic mass is 9.60. The predicted molar refractivity (Wildman–Crippen MR) is 103 cm³/mol. The summed E-state index contributed by atoms with van der Waals surface area (Å²) in [5, 5.41) is 7.91. The number of nitrogens with zero attached hydrogens (tertiary/aromatic N) is 2. The topological polar surface area (TPSA) is 46.9 Å². The van der Waals surface area contributed by atoms with Crippen molar-refractivity contribution in [2.24, 2.45) is 11.8 Å². The number of benzene rings is 1. The first kappa shape index (κ1) is 17.3. The Morgan fingerprint density at radius 2 is 1.96 bits per heavy atom. The second-order valence-corrected chi connectivity index (χ2v) is 8.21. The van der Waals surface area contributed by atoms with Crippen LogP contribution < -0.4 is 5.32 Å². The molecule has 4 heteroatoms. The van der Waals surface area contributed by atoms with Crippen molar-refractivity contribution < 1.29 is 4.79 Å². The van der Waals surface area contributed by atoms with Crippen molar-refractivity contribution in [3.8, 4) is 0 Å². The summed E-state index contributed by atoms with van der Waals surface area (Å²) in [5.41, 5.74) is 3.50. The largest absolute Gasteiger partial charge is 0.352 e. The van der Waals surface area contributed by atoms with Crippen molar-refractivity contribution in [2.45, 2.75) is 64.5 Å². The highest BCUT2D eigenvalue weighted by Gasteiger charge is 2.53. The molecule has 1 heterocycles. The van der Waals surface area contributed by atoms with E-state index in [1.54, 1.807) is 0 Å². The molecule has 1 aromatic heterocycles. The number of rotatable bonds is 5. The number of nitrogens with one attached hydrogen (secondary N) is 1. The fraction of sp³-hybridized carbons (Fsp3) is 0.545. The Morgan fingerprint density at radius 3 is 2.65 bits per heavy atom. The Hall–Kier alpha value is -2.10. The quantitative estimate of drug-likeness (QED) is 0.880. The Labute approximate surface area is 156 Å². The average molecular weight is 351 g/mol. The zero-order chi connectivity index (χ0) is 18.3. The molecule has 1 N–H and O–H groups in total. The van der Waals surface area contributed by atoms with Crippen LogP contribution in [0.25, 0.3) is 0 Å². The normalized spacial score (nSPS) is 28.3. The highest BCUT2D eigenvalue weighted by atomic mass is 16.1. The van der Waals surface area contributed by atoms with E-state index in [1.165, 1.54) is 24.8 Å². The minimum Gasteiger partial charge on any atom is -0.352 e. The molecule has 2 aliphatic rings. The van der Waals surface area contributed by atoms with Crippen molar-refractivity contribution in [3.63, 3.8) is 0 Å². The van der Waals surface area contributed by atoms with E-state index in [9.17, 15) is 4.79 Å². The molecule has 0 aliphatic heterocycles. The van der Waals surface area contributed by atoms with Crippen molar-refractivity contribution >= 4 is 5.91 Å². The molecule has 5 atom stereocenters. The second-order valence-electron chi connectivity index (χ2n) is 8.21. The maximum Gasteiger partial charge on any atom is 0.222 e. The third-order valence-electron chi connectivity index (χ3n) is 6.39. The van der Waals surface area contributed by atoms with Crippen molar-refractivity contribution in [3.05, 3.63) is 53.3 Å². The maximum atomic E-state index is 12.8. The summed E-state index contributed by atoms with van der Waals surface area (Å²) in [4.78, 5) is 12.8. The molecule has 0 radical (unpaired) electrons. The monoisotopic (exact) mass is 351 g/mol. The summed E-state index contributed by atoms with van der Waals surface area (Å²) in [7, 11) is 0. The lowest BCUT2D eigenvalue weighted by molar-refractivity contribution is -0.124. The first-order valence-corrected chi connectivity index (χ1v) is 9.91. The standard InChI is InChI=1S/C22H29N3O/c1-14-12-15(2)25(24-14)16(3)13-20(26)23-22-19-11-7-10-18(19)21(22)17-8-5-4-6-9-17/h4-6,8-9,12,16,18-19,21-22H,7,10-11,13H2,1-3H3,(H,23,26)/t16-,18+,19-,21+,22-/m1/s1. The van der Waals surface area contributed by atoms with Gasteiger partial charge in [0.15, 0.2) is 0 Å². The molecule has 4 nitrogen and oxygen atoms in total.